The highest BCUT2D eigenvalue weighted by Gasteiger charge is 2.48. The van der Waals surface area contributed by atoms with Crippen LogP contribution in [0.4, 0.5) is 0 Å². The molecule has 0 unspecified atom stereocenters. The van der Waals surface area contributed by atoms with Gasteiger partial charge in [0.05, 0.1) is 6.61 Å². The molecule has 0 radical (unpaired) electrons. The molecular weight excluding hydrogens is 138 g/mol. The van der Waals surface area contributed by atoms with Crippen LogP contribution in [0.2, 0.25) is 0 Å². The Balaban J connectivity index is 1.91. The van der Waals surface area contributed by atoms with E-state index < -0.39 is 0 Å². The lowest BCUT2D eigenvalue weighted by Crippen LogP contribution is -2.38. The van der Waals surface area contributed by atoms with Gasteiger partial charge in [-0.15, -0.1) is 0 Å². The summed E-state index contributed by atoms with van der Waals surface area (Å²) in [7, 11) is 1.82. The molecule has 0 amide bonds. The Morgan fingerprint density at radius 3 is 2.36 bits per heavy atom. The number of ether oxygens (including phenoxy) is 1. The Labute approximate surface area is 68.5 Å². The Bertz CT molecular complexity index is 136. The van der Waals surface area contributed by atoms with Crippen LogP contribution in [0, 0.1) is 0 Å². The molecule has 1 aliphatic heterocycles. The summed E-state index contributed by atoms with van der Waals surface area (Å²) >= 11 is 0. The average Bonchev–Trinajstić information content (AvgIpc) is 2.63. The maximum Gasteiger partial charge on any atom is 0.0646 e. The zero-order valence-electron chi connectivity index (χ0n) is 7.31. The van der Waals surface area contributed by atoms with Crippen LogP contribution in [0.5, 0.6) is 0 Å². The minimum absolute atomic E-state index is 0.491. The largest absolute Gasteiger partial charge is 0.383 e. The summed E-state index contributed by atoms with van der Waals surface area (Å²) in [5, 5.41) is 0. The first-order valence-corrected chi connectivity index (χ1v) is 4.61. The molecule has 0 aromatic carbocycles. The van der Waals surface area contributed by atoms with E-state index in [0.717, 1.165) is 6.61 Å². The molecule has 1 aliphatic carbocycles. The van der Waals surface area contributed by atoms with Gasteiger partial charge in [0.1, 0.15) is 0 Å². The Hall–Kier alpha value is -0.0800. The Kier molecular flexibility index (Phi) is 1.90. The second-order valence-corrected chi connectivity index (χ2v) is 3.85. The van der Waals surface area contributed by atoms with Gasteiger partial charge in [-0.2, -0.15) is 0 Å². The van der Waals surface area contributed by atoms with Gasteiger partial charge in [-0.05, 0) is 38.8 Å². The topological polar surface area (TPSA) is 12.5 Å². The van der Waals surface area contributed by atoms with Crippen LogP contribution < -0.4 is 0 Å². The molecule has 1 heterocycles. The summed E-state index contributed by atoms with van der Waals surface area (Å²) in [4.78, 5) is 2.62. The van der Waals surface area contributed by atoms with Crippen molar-refractivity contribution in [3.8, 4) is 0 Å². The molecule has 2 fully saturated rings. The van der Waals surface area contributed by atoms with E-state index in [0.29, 0.717) is 5.54 Å². The SMILES string of the molecule is COCC1(N2CCCC2)CC1. The van der Waals surface area contributed by atoms with Crippen LogP contribution >= 0.6 is 0 Å². The van der Waals surface area contributed by atoms with Crippen LogP contribution in [0.3, 0.4) is 0 Å². The first-order chi connectivity index (χ1) is 5.37. The van der Waals surface area contributed by atoms with Crippen molar-refractivity contribution in [2.24, 2.45) is 0 Å². The van der Waals surface area contributed by atoms with Crippen molar-refractivity contribution in [3.63, 3.8) is 0 Å². The lowest BCUT2D eigenvalue weighted by molar-refractivity contribution is 0.0904. The molecule has 0 N–H and O–H groups in total. The van der Waals surface area contributed by atoms with Crippen LogP contribution in [0.1, 0.15) is 25.7 Å². The van der Waals surface area contributed by atoms with E-state index in [1.165, 1.54) is 38.8 Å². The standard InChI is InChI=1S/C9H17NO/c1-11-8-9(4-5-9)10-6-2-3-7-10/h2-8H2,1H3. The van der Waals surface area contributed by atoms with Crippen LogP contribution in [-0.2, 0) is 4.74 Å². The molecule has 2 nitrogen and oxygen atoms in total. The molecule has 0 bridgehead atoms. The Morgan fingerprint density at radius 1 is 1.27 bits per heavy atom. The summed E-state index contributed by atoms with van der Waals surface area (Å²) in [6.07, 6.45) is 5.51. The molecule has 0 aromatic heterocycles. The van der Waals surface area contributed by atoms with Gasteiger partial charge in [0, 0.05) is 12.6 Å². The molecule has 0 aromatic rings. The lowest BCUT2D eigenvalue weighted by Gasteiger charge is -2.26. The van der Waals surface area contributed by atoms with Crippen molar-refractivity contribution in [1.82, 2.24) is 4.90 Å². The minimum Gasteiger partial charge on any atom is -0.383 e. The molecule has 2 aliphatic rings. The highest BCUT2D eigenvalue weighted by Crippen LogP contribution is 2.43. The normalized spacial score (nSPS) is 29.2. The van der Waals surface area contributed by atoms with E-state index in [1.807, 2.05) is 7.11 Å². The fourth-order valence-electron chi connectivity index (χ4n) is 2.16. The van der Waals surface area contributed by atoms with E-state index in [-0.39, 0.29) is 0 Å². The quantitative estimate of drug-likeness (QED) is 0.608. The zero-order chi connectivity index (χ0) is 7.73. The number of hydrogen-bond donors (Lipinski definition) is 0. The van der Waals surface area contributed by atoms with Gasteiger partial charge in [0.2, 0.25) is 0 Å². The molecule has 0 spiro atoms. The number of rotatable bonds is 3. The highest BCUT2D eigenvalue weighted by molar-refractivity contribution is 5.04. The van der Waals surface area contributed by atoms with Crippen LogP contribution in [0.25, 0.3) is 0 Å². The third-order valence-electron chi connectivity index (χ3n) is 3.02. The van der Waals surface area contributed by atoms with Crippen LogP contribution in [0.15, 0.2) is 0 Å². The number of methoxy groups -OCH3 is 1. The van der Waals surface area contributed by atoms with E-state index in [4.69, 9.17) is 4.74 Å². The molecule has 11 heavy (non-hydrogen) atoms. The van der Waals surface area contributed by atoms with Crippen molar-refractivity contribution in [2.45, 2.75) is 31.2 Å². The number of hydrogen-bond acceptors (Lipinski definition) is 2. The summed E-state index contributed by atoms with van der Waals surface area (Å²) in [6, 6.07) is 0. The van der Waals surface area contributed by atoms with Crippen molar-refractivity contribution in [3.05, 3.63) is 0 Å². The zero-order valence-corrected chi connectivity index (χ0v) is 7.31. The van der Waals surface area contributed by atoms with E-state index in [9.17, 15) is 0 Å². The van der Waals surface area contributed by atoms with Crippen LogP contribution in [-0.4, -0.2) is 37.2 Å². The number of likely N-dealkylation sites (tertiary alicyclic amines) is 1. The predicted molar refractivity (Wildman–Crippen MR) is 44.6 cm³/mol. The smallest absolute Gasteiger partial charge is 0.0646 e. The van der Waals surface area contributed by atoms with Gasteiger partial charge < -0.3 is 4.74 Å². The van der Waals surface area contributed by atoms with Crippen molar-refractivity contribution < 1.29 is 4.74 Å². The third kappa shape index (κ3) is 1.30. The average molecular weight is 155 g/mol. The van der Waals surface area contributed by atoms with Gasteiger partial charge in [-0.3, -0.25) is 4.90 Å². The first kappa shape index (κ1) is 7.56. The van der Waals surface area contributed by atoms with Crippen molar-refractivity contribution in [2.75, 3.05) is 26.8 Å². The Morgan fingerprint density at radius 2 is 1.91 bits per heavy atom. The fraction of sp³-hybridized carbons (Fsp3) is 1.00. The van der Waals surface area contributed by atoms with Gasteiger partial charge in [0.15, 0.2) is 0 Å². The summed E-state index contributed by atoms with van der Waals surface area (Å²) < 4.78 is 5.24. The second-order valence-electron chi connectivity index (χ2n) is 3.85. The monoisotopic (exact) mass is 155 g/mol. The van der Waals surface area contributed by atoms with Gasteiger partial charge in [0.25, 0.3) is 0 Å². The summed E-state index contributed by atoms with van der Waals surface area (Å²) in [5.74, 6) is 0. The maximum atomic E-state index is 5.24. The summed E-state index contributed by atoms with van der Waals surface area (Å²) in [5.41, 5.74) is 0.491. The lowest BCUT2D eigenvalue weighted by atomic mass is 10.2. The predicted octanol–water partition coefficient (Wildman–Crippen LogP) is 1.26. The summed E-state index contributed by atoms with van der Waals surface area (Å²) in [6.45, 7) is 3.57. The van der Waals surface area contributed by atoms with Crippen molar-refractivity contribution >= 4 is 0 Å². The maximum absolute atomic E-state index is 5.24. The molecule has 2 heteroatoms. The molecular formula is C9H17NO. The highest BCUT2D eigenvalue weighted by atomic mass is 16.5. The van der Waals surface area contributed by atoms with Gasteiger partial charge in [-0.25, -0.2) is 0 Å². The third-order valence-corrected chi connectivity index (χ3v) is 3.02. The van der Waals surface area contributed by atoms with E-state index in [2.05, 4.69) is 4.90 Å². The van der Waals surface area contributed by atoms with Crippen molar-refractivity contribution in [1.29, 1.82) is 0 Å². The van der Waals surface area contributed by atoms with E-state index >= 15 is 0 Å². The van der Waals surface area contributed by atoms with E-state index in [1.54, 1.807) is 0 Å². The number of nitrogens with zero attached hydrogens (tertiary/aromatic N) is 1. The molecule has 1 saturated carbocycles. The second kappa shape index (κ2) is 2.76. The molecule has 64 valence electrons. The molecule has 0 atom stereocenters. The molecule has 2 rings (SSSR count). The first-order valence-electron chi connectivity index (χ1n) is 4.61. The molecule has 1 saturated heterocycles. The van der Waals surface area contributed by atoms with Gasteiger partial charge >= 0.3 is 0 Å². The minimum atomic E-state index is 0.491. The fourth-order valence-corrected chi connectivity index (χ4v) is 2.16. The van der Waals surface area contributed by atoms with Gasteiger partial charge in [-0.1, -0.05) is 0 Å².